The van der Waals surface area contributed by atoms with Crippen LogP contribution in [0.3, 0.4) is 0 Å². The summed E-state index contributed by atoms with van der Waals surface area (Å²) < 4.78 is 6.44. The number of benzene rings is 7. The molecule has 0 amide bonds. The lowest BCUT2D eigenvalue weighted by Crippen LogP contribution is -1.96. The maximum atomic E-state index is 9.99. The van der Waals surface area contributed by atoms with Crippen LogP contribution in [0.15, 0.2) is 168 Å². The highest BCUT2D eigenvalue weighted by molar-refractivity contribution is 6.20. The van der Waals surface area contributed by atoms with Crippen LogP contribution in [-0.2, 0) is 0 Å². The first-order chi connectivity index (χ1) is 24.2. The highest BCUT2D eigenvalue weighted by Crippen LogP contribution is 2.41. The lowest BCUT2D eigenvalue weighted by atomic mass is 9.95. The summed E-state index contributed by atoms with van der Waals surface area (Å²) in [7, 11) is 0. The molecule has 228 valence electrons. The van der Waals surface area contributed by atoms with Crippen LogP contribution in [0, 0.1) is 11.3 Å². The van der Waals surface area contributed by atoms with Gasteiger partial charge in [0.1, 0.15) is 11.2 Å². The van der Waals surface area contributed by atoms with E-state index in [0.717, 1.165) is 83.0 Å². The predicted molar refractivity (Wildman–Crippen MR) is 199 cm³/mol. The molecular weight excluding hydrogens is 599 g/mol. The summed E-state index contributed by atoms with van der Waals surface area (Å²) in [5, 5.41) is 13.8. The maximum Gasteiger partial charge on any atom is 0.160 e. The third-order valence-corrected chi connectivity index (χ3v) is 9.14. The molecule has 4 nitrogen and oxygen atoms in total. The minimum absolute atomic E-state index is 0.638. The number of fused-ring (bicyclic) bond motifs is 5. The molecule has 0 aliphatic rings. The average Bonchev–Trinajstić information content (AvgIpc) is 3.57. The van der Waals surface area contributed by atoms with Crippen LogP contribution in [-0.4, -0.2) is 9.97 Å². The van der Waals surface area contributed by atoms with Crippen molar-refractivity contribution in [3.8, 4) is 62.2 Å². The van der Waals surface area contributed by atoms with Crippen LogP contribution in [0.5, 0.6) is 0 Å². The van der Waals surface area contributed by atoms with Crippen molar-refractivity contribution in [1.82, 2.24) is 9.97 Å². The molecule has 0 radical (unpaired) electrons. The minimum atomic E-state index is 0.638. The highest BCUT2D eigenvalue weighted by Gasteiger charge is 2.17. The van der Waals surface area contributed by atoms with Gasteiger partial charge in [0, 0.05) is 38.2 Å². The van der Waals surface area contributed by atoms with Gasteiger partial charge in [-0.2, -0.15) is 5.26 Å². The fourth-order valence-corrected chi connectivity index (χ4v) is 6.75. The Bertz CT molecular complexity index is 2710. The lowest BCUT2D eigenvalue weighted by Gasteiger charge is -2.11. The second kappa shape index (κ2) is 11.8. The Morgan fingerprint density at radius 3 is 1.82 bits per heavy atom. The van der Waals surface area contributed by atoms with E-state index in [9.17, 15) is 5.26 Å². The van der Waals surface area contributed by atoms with Crippen molar-refractivity contribution in [2.24, 2.45) is 0 Å². The Kier molecular flexibility index (Phi) is 6.81. The Morgan fingerprint density at radius 2 is 1.06 bits per heavy atom. The van der Waals surface area contributed by atoms with Crippen molar-refractivity contribution in [2.45, 2.75) is 0 Å². The van der Waals surface area contributed by atoms with Gasteiger partial charge in [0.25, 0.3) is 0 Å². The van der Waals surface area contributed by atoms with Crippen molar-refractivity contribution in [2.75, 3.05) is 0 Å². The van der Waals surface area contributed by atoms with E-state index in [2.05, 4.69) is 91.0 Å². The molecule has 0 aliphatic heterocycles. The van der Waals surface area contributed by atoms with E-state index in [4.69, 9.17) is 14.4 Å². The maximum absolute atomic E-state index is 9.99. The Hall–Kier alpha value is -6.83. The second-order valence-electron chi connectivity index (χ2n) is 12.1. The second-order valence-corrected chi connectivity index (χ2v) is 12.1. The summed E-state index contributed by atoms with van der Waals surface area (Å²) in [5.41, 5.74) is 11.3. The van der Waals surface area contributed by atoms with E-state index in [1.807, 2.05) is 78.9 Å². The topological polar surface area (TPSA) is 62.7 Å². The molecule has 0 spiro atoms. The first kappa shape index (κ1) is 28.4. The SMILES string of the molecule is N#Cc1cc2c(oc3cccc(-c4ccc(-c5cc(-c6cccc(-c7ccccc7)c6)nc(-c6ccccc6)n5)cc4)c32)c2ccccc12. The van der Waals surface area contributed by atoms with Crippen LogP contribution in [0.25, 0.3) is 88.9 Å². The summed E-state index contributed by atoms with van der Waals surface area (Å²) >= 11 is 0. The molecule has 0 unspecified atom stereocenters. The van der Waals surface area contributed by atoms with Gasteiger partial charge in [-0.05, 0) is 46.5 Å². The molecule has 7 aromatic carbocycles. The summed E-state index contributed by atoms with van der Waals surface area (Å²) in [4.78, 5) is 10.1. The van der Waals surface area contributed by atoms with Crippen molar-refractivity contribution in [3.63, 3.8) is 0 Å². The van der Waals surface area contributed by atoms with Gasteiger partial charge in [0.15, 0.2) is 5.82 Å². The summed E-state index contributed by atoms with van der Waals surface area (Å²) in [6.07, 6.45) is 0. The Balaban J connectivity index is 1.16. The van der Waals surface area contributed by atoms with Gasteiger partial charge >= 0.3 is 0 Å². The Labute approximate surface area is 283 Å². The number of hydrogen-bond acceptors (Lipinski definition) is 4. The third-order valence-electron chi connectivity index (χ3n) is 9.14. The predicted octanol–water partition coefficient (Wildman–Crippen LogP) is 11.7. The van der Waals surface area contributed by atoms with Crippen LogP contribution in [0.1, 0.15) is 5.56 Å². The van der Waals surface area contributed by atoms with Crippen molar-refractivity contribution < 1.29 is 4.42 Å². The first-order valence-corrected chi connectivity index (χ1v) is 16.2. The standard InChI is InChI=1S/C45H27N3O/c46-28-35-26-39-43-37(19-10-20-42(43)49-44(39)38-18-8-7-17-36(35)38)30-21-23-31(24-22-30)40-27-41(48-45(47-40)32-13-5-2-6-14-32)34-16-9-15-33(25-34)29-11-3-1-4-12-29/h1-27H. The molecule has 0 aliphatic carbocycles. The third kappa shape index (κ3) is 5.02. The number of nitrogens with zero attached hydrogens (tertiary/aromatic N) is 3. The summed E-state index contributed by atoms with van der Waals surface area (Å²) in [6, 6.07) is 58.0. The smallest absolute Gasteiger partial charge is 0.160 e. The molecule has 0 atom stereocenters. The number of rotatable bonds is 5. The molecule has 0 fully saturated rings. The van der Waals surface area contributed by atoms with Crippen molar-refractivity contribution in [3.05, 3.63) is 169 Å². The molecule has 2 heterocycles. The minimum Gasteiger partial charge on any atom is -0.455 e. The first-order valence-electron chi connectivity index (χ1n) is 16.2. The van der Waals surface area contributed by atoms with Gasteiger partial charge < -0.3 is 4.42 Å². The number of hydrogen-bond donors (Lipinski definition) is 0. The van der Waals surface area contributed by atoms with Gasteiger partial charge in [0.05, 0.1) is 23.0 Å². The van der Waals surface area contributed by atoms with Crippen LogP contribution >= 0.6 is 0 Å². The van der Waals surface area contributed by atoms with Crippen LogP contribution in [0.4, 0.5) is 0 Å². The molecule has 0 saturated carbocycles. The highest BCUT2D eigenvalue weighted by atomic mass is 16.3. The van der Waals surface area contributed by atoms with Gasteiger partial charge in [-0.25, -0.2) is 9.97 Å². The zero-order chi connectivity index (χ0) is 32.7. The molecule has 9 rings (SSSR count). The van der Waals surface area contributed by atoms with E-state index in [1.165, 1.54) is 0 Å². The van der Waals surface area contributed by atoms with Gasteiger partial charge in [-0.1, -0.05) is 140 Å². The quantitative estimate of drug-likeness (QED) is 0.191. The van der Waals surface area contributed by atoms with Crippen LogP contribution in [0.2, 0.25) is 0 Å². The molecule has 0 N–H and O–H groups in total. The van der Waals surface area contributed by atoms with E-state index in [0.29, 0.717) is 11.4 Å². The zero-order valence-corrected chi connectivity index (χ0v) is 26.3. The fraction of sp³-hybridized carbons (Fsp3) is 0. The van der Waals surface area contributed by atoms with Gasteiger partial charge in [0.2, 0.25) is 0 Å². The van der Waals surface area contributed by atoms with E-state index in [-0.39, 0.29) is 0 Å². The summed E-state index contributed by atoms with van der Waals surface area (Å²) in [6.45, 7) is 0. The molecule has 4 heteroatoms. The van der Waals surface area contributed by atoms with E-state index in [1.54, 1.807) is 0 Å². The molecule has 9 aromatic rings. The molecule has 0 bridgehead atoms. The van der Waals surface area contributed by atoms with Gasteiger partial charge in [-0.3, -0.25) is 0 Å². The fourth-order valence-electron chi connectivity index (χ4n) is 6.75. The average molecular weight is 626 g/mol. The summed E-state index contributed by atoms with van der Waals surface area (Å²) in [5.74, 6) is 0.678. The lowest BCUT2D eigenvalue weighted by molar-refractivity contribution is 0.673. The van der Waals surface area contributed by atoms with Crippen molar-refractivity contribution in [1.29, 1.82) is 5.26 Å². The molecule has 2 aromatic heterocycles. The number of furan rings is 1. The zero-order valence-electron chi connectivity index (χ0n) is 26.3. The largest absolute Gasteiger partial charge is 0.455 e. The molecule has 49 heavy (non-hydrogen) atoms. The number of aromatic nitrogens is 2. The molecular formula is C45H27N3O. The monoisotopic (exact) mass is 625 g/mol. The number of nitriles is 1. The van der Waals surface area contributed by atoms with E-state index < -0.39 is 0 Å². The van der Waals surface area contributed by atoms with Crippen LogP contribution < -0.4 is 0 Å². The van der Waals surface area contributed by atoms with Gasteiger partial charge in [-0.15, -0.1) is 0 Å². The Morgan fingerprint density at radius 1 is 0.449 bits per heavy atom. The van der Waals surface area contributed by atoms with E-state index >= 15 is 0 Å². The normalized spacial score (nSPS) is 11.2. The van der Waals surface area contributed by atoms with Crippen molar-refractivity contribution >= 4 is 32.7 Å². The molecule has 0 saturated heterocycles.